The Labute approximate surface area is 108 Å². The second-order valence-electron chi connectivity index (χ2n) is 5.27. The molecule has 0 unspecified atom stereocenters. The topological polar surface area (TPSA) is 40.5 Å². The summed E-state index contributed by atoms with van der Waals surface area (Å²) in [5.74, 6) is 1.04. The fourth-order valence-electron chi connectivity index (χ4n) is 2.66. The van der Waals surface area contributed by atoms with Gasteiger partial charge in [0.2, 0.25) is 5.91 Å². The van der Waals surface area contributed by atoms with E-state index in [1.54, 1.807) is 18.2 Å². The third kappa shape index (κ3) is 3.49. The van der Waals surface area contributed by atoms with Crippen molar-refractivity contribution in [3.63, 3.8) is 0 Å². The predicted octanol–water partition coefficient (Wildman–Crippen LogP) is 2.58. The minimum atomic E-state index is 0.132. The van der Waals surface area contributed by atoms with Crippen molar-refractivity contribution in [2.45, 2.75) is 32.1 Å². The van der Waals surface area contributed by atoms with Gasteiger partial charge in [-0.2, -0.15) is 0 Å². The fraction of sp³-hybridized carbons (Fsp3) is 0.533. The van der Waals surface area contributed by atoms with Gasteiger partial charge in [0.15, 0.2) is 0 Å². The third-order valence-corrected chi connectivity index (χ3v) is 3.70. The number of benzene rings is 1. The molecular weight excluding hydrogens is 226 g/mol. The van der Waals surface area contributed by atoms with Crippen LogP contribution < -0.4 is 0 Å². The molecule has 1 aromatic rings. The van der Waals surface area contributed by atoms with Gasteiger partial charge >= 0.3 is 0 Å². The second kappa shape index (κ2) is 5.89. The zero-order valence-corrected chi connectivity index (χ0v) is 10.9. The molecule has 1 saturated carbocycles. The van der Waals surface area contributed by atoms with Crippen LogP contribution in [-0.4, -0.2) is 29.5 Å². The molecule has 0 aliphatic heterocycles. The molecule has 3 nitrogen and oxygen atoms in total. The van der Waals surface area contributed by atoms with Gasteiger partial charge in [0.1, 0.15) is 5.75 Å². The van der Waals surface area contributed by atoms with Gasteiger partial charge in [0.25, 0.3) is 0 Å². The molecule has 1 fully saturated rings. The molecule has 1 amide bonds. The monoisotopic (exact) mass is 247 g/mol. The number of aromatic hydroxyl groups is 1. The molecule has 2 rings (SSSR count). The maximum Gasteiger partial charge on any atom is 0.226 e. The van der Waals surface area contributed by atoms with Crippen LogP contribution in [0.5, 0.6) is 5.75 Å². The first-order chi connectivity index (χ1) is 8.65. The van der Waals surface area contributed by atoms with E-state index in [4.69, 9.17) is 0 Å². The number of nitrogens with zero attached hydrogens (tertiary/aromatic N) is 1. The Balaban J connectivity index is 1.86. The molecule has 1 aromatic carbocycles. The van der Waals surface area contributed by atoms with Gasteiger partial charge in [-0.1, -0.05) is 25.0 Å². The highest BCUT2D eigenvalue weighted by Gasteiger charge is 2.19. The summed E-state index contributed by atoms with van der Waals surface area (Å²) in [5, 5.41) is 9.37. The van der Waals surface area contributed by atoms with E-state index < -0.39 is 0 Å². The van der Waals surface area contributed by atoms with Crippen LogP contribution in [0.15, 0.2) is 24.3 Å². The average molecular weight is 247 g/mol. The largest absolute Gasteiger partial charge is 0.508 e. The summed E-state index contributed by atoms with van der Waals surface area (Å²) in [7, 11) is 1.88. The van der Waals surface area contributed by atoms with Crippen LogP contribution in [0, 0.1) is 5.92 Å². The van der Waals surface area contributed by atoms with E-state index in [-0.39, 0.29) is 11.7 Å². The summed E-state index contributed by atoms with van der Waals surface area (Å²) in [5.41, 5.74) is 0.873. The maximum absolute atomic E-state index is 12.1. The standard InChI is InChI=1S/C15H21NO2/c1-16(11-12-5-2-3-6-12)15(18)10-13-7-4-8-14(17)9-13/h4,7-9,12,17H,2-3,5-6,10-11H2,1H3. The highest BCUT2D eigenvalue weighted by Crippen LogP contribution is 2.25. The number of likely N-dealkylation sites (N-methyl/N-ethyl adjacent to an activating group) is 1. The van der Waals surface area contributed by atoms with Gasteiger partial charge < -0.3 is 10.0 Å². The van der Waals surface area contributed by atoms with Crippen molar-refractivity contribution in [3.05, 3.63) is 29.8 Å². The Kier molecular flexibility index (Phi) is 4.24. The fourth-order valence-corrected chi connectivity index (χ4v) is 2.66. The Morgan fingerprint density at radius 1 is 1.39 bits per heavy atom. The van der Waals surface area contributed by atoms with Crippen LogP contribution in [0.3, 0.4) is 0 Å². The SMILES string of the molecule is CN(CC1CCCC1)C(=O)Cc1cccc(O)c1. The number of phenolic OH excluding ortho intramolecular Hbond substituents is 1. The third-order valence-electron chi connectivity index (χ3n) is 3.70. The normalized spacial score (nSPS) is 15.8. The van der Waals surface area contributed by atoms with E-state index in [0.717, 1.165) is 12.1 Å². The van der Waals surface area contributed by atoms with Crippen LogP contribution in [0.2, 0.25) is 0 Å². The molecule has 18 heavy (non-hydrogen) atoms. The molecule has 1 aliphatic carbocycles. The van der Waals surface area contributed by atoms with Crippen LogP contribution in [0.1, 0.15) is 31.2 Å². The molecule has 98 valence electrons. The summed E-state index contributed by atoms with van der Waals surface area (Å²) in [6.45, 7) is 0.873. The van der Waals surface area contributed by atoms with Crippen molar-refractivity contribution in [2.24, 2.45) is 5.92 Å². The summed E-state index contributed by atoms with van der Waals surface area (Å²) < 4.78 is 0. The number of amides is 1. The quantitative estimate of drug-likeness (QED) is 0.888. The molecular formula is C15H21NO2. The van der Waals surface area contributed by atoms with Crippen molar-refractivity contribution in [1.82, 2.24) is 4.90 Å². The highest BCUT2D eigenvalue weighted by atomic mass is 16.3. The van der Waals surface area contributed by atoms with Gasteiger partial charge in [-0.3, -0.25) is 4.79 Å². The van der Waals surface area contributed by atoms with E-state index in [1.165, 1.54) is 25.7 Å². The Hall–Kier alpha value is -1.51. The van der Waals surface area contributed by atoms with E-state index in [2.05, 4.69) is 0 Å². The van der Waals surface area contributed by atoms with E-state index in [0.29, 0.717) is 12.3 Å². The minimum absolute atomic E-state index is 0.132. The summed E-state index contributed by atoms with van der Waals surface area (Å²) in [6, 6.07) is 6.92. The lowest BCUT2D eigenvalue weighted by molar-refractivity contribution is -0.129. The van der Waals surface area contributed by atoms with Crippen molar-refractivity contribution >= 4 is 5.91 Å². The van der Waals surface area contributed by atoms with E-state index >= 15 is 0 Å². The number of rotatable bonds is 4. The Bertz CT molecular complexity index is 411. The molecule has 0 atom stereocenters. The molecule has 0 aromatic heterocycles. The molecule has 1 aliphatic rings. The van der Waals surface area contributed by atoms with Crippen LogP contribution in [0.4, 0.5) is 0 Å². The molecule has 0 spiro atoms. The molecule has 0 radical (unpaired) electrons. The first kappa shape index (κ1) is 12.9. The molecule has 3 heteroatoms. The number of carbonyl (C=O) groups excluding carboxylic acids is 1. The highest BCUT2D eigenvalue weighted by molar-refractivity contribution is 5.78. The van der Waals surface area contributed by atoms with Crippen molar-refractivity contribution < 1.29 is 9.90 Å². The number of hydrogen-bond donors (Lipinski definition) is 1. The average Bonchev–Trinajstić information content (AvgIpc) is 2.81. The van der Waals surface area contributed by atoms with E-state index in [1.807, 2.05) is 18.0 Å². The van der Waals surface area contributed by atoms with Gasteiger partial charge in [-0.25, -0.2) is 0 Å². The summed E-state index contributed by atoms with van der Waals surface area (Å²) >= 11 is 0. The Morgan fingerprint density at radius 3 is 2.78 bits per heavy atom. The smallest absolute Gasteiger partial charge is 0.226 e. The van der Waals surface area contributed by atoms with Gasteiger partial charge in [0, 0.05) is 13.6 Å². The number of phenols is 1. The number of hydrogen-bond acceptors (Lipinski definition) is 2. The van der Waals surface area contributed by atoms with Crippen LogP contribution >= 0.6 is 0 Å². The lowest BCUT2D eigenvalue weighted by Gasteiger charge is -2.21. The molecule has 1 N–H and O–H groups in total. The van der Waals surface area contributed by atoms with Gasteiger partial charge in [0.05, 0.1) is 6.42 Å². The lowest BCUT2D eigenvalue weighted by Crippen LogP contribution is -2.32. The lowest BCUT2D eigenvalue weighted by atomic mass is 10.1. The van der Waals surface area contributed by atoms with Gasteiger partial charge in [-0.15, -0.1) is 0 Å². The van der Waals surface area contributed by atoms with Crippen molar-refractivity contribution in [1.29, 1.82) is 0 Å². The maximum atomic E-state index is 12.1. The minimum Gasteiger partial charge on any atom is -0.508 e. The van der Waals surface area contributed by atoms with Crippen LogP contribution in [-0.2, 0) is 11.2 Å². The first-order valence-corrected chi connectivity index (χ1v) is 6.67. The molecule has 0 heterocycles. The summed E-state index contributed by atoms with van der Waals surface area (Å²) in [6.07, 6.45) is 5.49. The first-order valence-electron chi connectivity index (χ1n) is 6.67. The van der Waals surface area contributed by atoms with Gasteiger partial charge in [-0.05, 0) is 36.5 Å². The summed E-state index contributed by atoms with van der Waals surface area (Å²) in [4.78, 5) is 13.9. The van der Waals surface area contributed by atoms with Crippen molar-refractivity contribution in [2.75, 3.05) is 13.6 Å². The van der Waals surface area contributed by atoms with Crippen LogP contribution in [0.25, 0.3) is 0 Å². The zero-order valence-electron chi connectivity index (χ0n) is 10.9. The van der Waals surface area contributed by atoms with Crippen molar-refractivity contribution in [3.8, 4) is 5.75 Å². The number of carbonyl (C=O) groups is 1. The molecule has 0 bridgehead atoms. The second-order valence-corrected chi connectivity index (χ2v) is 5.27. The zero-order chi connectivity index (χ0) is 13.0. The Morgan fingerprint density at radius 2 is 2.11 bits per heavy atom. The molecule has 0 saturated heterocycles. The predicted molar refractivity (Wildman–Crippen MR) is 71.4 cm³/mol. The van der Waals surface area contributed by atoms with E-state index in [9.17, 15) is 9.90 Å².